The number of thioether (sulfide) groups is 1. The maximum Gasteiger partial charge on any atom is 0.321 e. The van der Waals surface area contributed by atoms with E-state index in [0.29, 0.717) is 28.1 Å². The highest BCUT2D eigenvalue weighted by Gasteiger charge is 2.18. The van der Waals surface area contributed by atoms with Crippen molar-refractivity contribution in [1.29, 1.82) is 5.41 Å². The molecular formula is C14H19N9OS. The zero-order valence-corrected chi connectivity index (χ0v) is 14.4. The fraction of sp³-hybridized carbons (Fsp3) is 0.143. The van der Waals surface area contributed by atoms with Gasteiger partial charge in [0.05, 0.1) is 0 Å². The molecule has 0 fully saturated rings. The molecule has 2 aromatic rings. The van der Waals surface area contributed by atoms with Crippen LogP contribution in [0, 0.1) is 5.41 Å². The Morgan fingerprint density at radius 2 is 2.24 bits per heavy atom. The number of hydrogen-bond donors (Lipinski definition) is 5. The van der Waals surface area contributed by atoms with Crippen LogP contribution in [0.4, 0.5) is 11.7 Å². The molecule has 0 radical (unpaired) electrons. The molecule has 0 amide bonds. The zero-order valence-electron chi connectivity index (χ0n) is 13.6. The minimum absolute atomic E-state index is 0. The van der Waals surface area contributed by atoms with Gasteiger partial charge in [-0.3, -0.25) is 16.2 Å². The number of hydrazine groups is 1. The number of benzene rings is 1. The fourth-order valence-corrected chi connectivity index (χ4v) is 2.78. The first-order chi connectivity index (χ1) is 12.1. The third-order valence-electron chi connectivity index (χ3n) is 3.19. The van der Waals surface area contributed by atoms with Gasteiger partial charge in [-0.15, -0.1) is 5.10 Å². The number of nitrogens with one attached hydrogen (secondary N) is 4. The van der Waals surface area contributed by atoms with Gasteiger partial charge < -0.3 is 20.5 Å². The topological polar surface area (TPSA) is 140 Å². The van der Waals surface area contributed by atoms with Crippen LogP contribution in [0.5, 0.6) is 0 Å². The van der Waals surface area contributed by atoms with Crippen LogP contribution in [0.3, 0.4) is 0 Å². The Morgan fingerprint density at radius 3 is 2.92 bits per heavy atom. The van der Waals surface area contributed by atoms with E-state index in [-0.39, 0.29) is 7.44 Å². The van der Waals surface area contributed by atoms with Gasteiger partial charge in [-0.25, -0.2) is 4.99 Å². The maximum absolute atomic E-state index is 7.40. The van der Waals surface area contributed by atoms with Gasteiger partial charge in [0, 0.05) is 37.9 Å². The quantitative estimate of drug-likeness (QED) is 0.393. The molecular weight excluding hydrogens is 342 g/mol. The van der Waals surface area contributed by atoms with E-state index in [2.05, 4.69) is 31.4 Å². The first kappa shape index (κ1) is 16.6. The Bertz CT molecular complexity index is 835. The molecule has 0 saturated heterocycles. The zero-order chi connectivity index (χ0) is 17.8. The van der Waals surface area contributed by atoms with Crippen molar-refractivity contribution < 1.29 is 5.84 Å². The van der Waals surface area contributed by atoms with Crippen LogP contribution >= 0.6 is 11.8 Å². The van der Waals surface area contributed by atoms with Crippen LogP contribution < -0.4 is 21.9 Å². The molecule has 25 heavy (non-hydrogen) atoms. The highest BCUT2D eigenvalue weighted by atomic mass is 32.2. The number of aliphatic imine (C=N–C) groups is 1. The summed E-state index contributed by atoms with van der Waals surface area (Å²) in [5.41, 5.74) is 13.1. The minimum Gasteiger partial charge on any atom is -0.411 e. The smallest absolute Gasteiger partial charge is 0.321 e. The lowest BCUT2D eigenvalue weighted by Crippen LogP contribution is -2.44. The molecule has 0 bridgehead atoms. The van der Waals surface area contributed by atoms with Gasteiger partial charge in [0.2, 0.25) is 6.39 Å². The van der Waals surface area contributed by atoms with Crippen molar-refractivity contribution in [3.05, 3.63) is 41.8 Å². The molecule has 2 heterocycles. The number of rotatable bonds is 5. The van der Waals surface area contributed by atoms with Crippen LogP contribution in [0.25, 0.3) is 0 Å². The van der Waals surface area contributed by atoms with Gasteiger partial charge in [0.15, 0.2) is 16.8 Å². The largest absolute Gasteiger partial charge is 0.411 e. The molecule has 0 spiro atoms. The third kappa shape index (κ3) is 3.83. The summed E-state index contributed by atoms with van der Waals surface area (Å²) >= 11 is 1.39. The van der Waals surface area contributed by atoms with Crippen molar-refractivity contribution in [3.63, 3.8) is 0 Å². The van der Waals surface area contributed by atoms with E-state index in [0.717, 1.165) is 4.90 Å². The highest BCUT2D eigenvalue weighted by Crippen LogP contribution is 2.25. The van der Waals surface area contributed by atoms with Crippen LogP contribution in [0.2, 0.25) is 0 Å². The molecule has 1 aromatic heterocycles. The van der Waals surface area contributed by atoms with E-state index in [4.69, 9.17) is 15.6 Å². The van der Waals surface area contributed by atoms with Gasteiger partial charge in [-0.05, 0) is 18.2 Å². The number of anilines is 2. The summed E-state index contributed by atoms with van der Waals surface area (Å²) in [6.45, 7) is 0. The van der Waals surface area contributed by atoms with Crippen molar-refractivity contribution in [2.45, 2.75) is 4.90 Å². The number of aromatic nitrogens is 2. The van der Waals surface area contributed by atoms with Crippen LogP contribution in [0.1, 0.15) is 6.99 Å². The summed E-state index contributed by atoms with van der Waals surface area (Å²) in [6.07, 6.45) is 2.46. The Morgan fingerprint density at radius 1 is 1.40 bits per heavy atom. The third-order valence-corrected chi connectivity index (χ3v) is 4.06. The van der Waals surface area contributed by atoms with Gasteiger partial charge in [0.1, 0.15) is 0 Å². The number of amidine groups is 1. The second kappa shape index (κ2) is 7.13. The van der Waals surface area contributed by atoms with Crippen LogP contribution in [-0.2, 0) is 0 Å². The Hall–Kier alpha value is -3.21. The summed E-state index contributed by atoms with van der Waals surface area (Å²) in [4.78, 5) is 7.30. The highest BCUT2D eigenvalue weighted by molar-refractivity contribution is 8.13. The summed E-state index contributed by atoms with van der Waals surface area (Å²) in [5.74, 6) is 1.23. The van der Waals surface area contributed by atoms with Crippen molar-refractivity contribution in [2.75, 3.05) is 25.1 Å². The molecule has 1 aromatic carbocycles. The molecule has 3 rings (SSSR count). The predicted octanol–water partition coefficient (Wildman–Crippen LogP) is 1.25. The van der Waals surface area contributed by atoms with Crippen molar-refractivity contribution in [3.8, 4) is 0 Å². The Kier molecular flexibility index (Phi) is 4.75. The Balaban J connectivity index is 0.00000243. The van der Waals surface area contributed by atoms with Crippen molar-refractivity contribution in [2.24, 2.45) is 4.99 Å². The van der Waals surface area contributed by atoms with Gasteiger partial charge in [-0.2, -0.15) is 0 Å². The summed E-state index contributed by atoms with van der Waals surface area (Å²) < 4.78 is 5.11. The van der Waals surface area contributed by atoms with Gasteiger partial charge in [0.25, 0.3) is 0 Å². The van der Waals surface area contributed by atoms with E-state index < -0.39 is 0 Å². The average Bonchev–Trinajstić information content (AvgIpc) is 3.09. The van der Waals surface area contributed by atoms with E-state index >= 15 is 0 Å². The lowest BCUT2D eigenvalue weighted by atomic mass is 10.2. The molecule has 0 atom stereocenters. The molecule has 1 aliphatic rings. The molecule has 0 aliphatic carbocycles. The average molecular weight is 361 g/mol. The predicted molar refractivity (Wildman–Crippen MR) is 99.1 cm³/mol. The van der Waals surface area contributed by atoms with E-state index in [1.807, 2.05) is 31.1 Å². The second-order valence-electron chi connectivity index (χ2n) is 5.16. The normalized spacial score (nSPS) is 13.6. The second-order valence-corrected chi connectivity index (χ2v) is 6.23. The summed E-state index contributed by atoms with van der Waals surface area (Å²) in [7, 11) is 3.76. The molecule has 0 saturated carbocycles. The maximum atomic E-state index is 7.40. The monoisotopic (exact) mass is 361 g/mol. The molecule has 11 heteroatoms. The van der Waals surface area contributed by atoms with E-state index in [1.54, 1.807) is 6.07 Å². The number of nitrogens with zero attached hydrogens (tertiary/aromatic N) is 4. The van der Waals surface area contributed by atoms with Crippen LogP contribution in [-0.4, -0.2) is 40.6 Å². The summed E-state index contributed by atoms with van der Waals surface area (Å²) in [5, 5.41) is 18.4. The number of hydrogen-bond acceptors (Lipinski definition) is 11. The van der Waals surface area contributed by atoms with E-state index in [9.17, 15) is 0 Å². The van der Waals surface area contributed by atoms with Crippen molar-refractivity contribution >= 4 is 34.8 Å². The lowest BCUT2D eigenvalue weighted by Gasteiger charge is -2.26. The molecule has 10 nitrogen and oxygen atoms in total. The first-order valence-electron chi connectivity index (χ1n) is 7.20. The standard InChI is InChI=1S/C14H17N9OS.H2/c1-23(2)12-11(18-13-21-17-7-24-13)19-14(22-20-12)25-9-3-4-10(16)8(5-9)6-15;/h3-7,15,20H,16H2,1-2H3,(H,18,21)(H,19,22);1H. The molecule has 132 valence electrons. The molecule has 0 unspecified atom stereocenters. The first-order valence-corrected chi connectivity index (χ1v) is 8.02. The lowest BCUT2D eigenvalue weighted by molar-refractivity contribution is 0.437. The van der Waals surface area contributed by atoms with E-state index in [1.165, 1.54) is 24.4 Å². The fourth-order valence-electron chi connectivity index (χ4n) is 2.00. The molecule has 1 aliphatic heterocycles. The van der Waals surface area contributed by atoms with Crippen LogP contribution in [0.15, 0.2) is 50.5 Å². The Labute approximate surface area is 149 Å². The number of nitrogen functional groups attached to an aromatic ring is 1. The van der Waals surface area contributed by atoms with Gasteiger partial charge >= 0.3 is 6.01 Å². The SMILES string of the molecule is CN(C)C1=C(Nc2nnco2)N=C(Sc2ccc(N)c(C=N)c2)NN1.[HH]. The minimum atomic E-state index is 0. The van der Waals surface area contributed by atoms with Gasteiger partial charge in [-0.1, -0.05) is 16.9 Å². The van der Waals surface area contributed by atoms with Crippen molar-refractivity contribution in [1.82, 2.24) is 25.9 Å². The number of nitrogens with two attached hydrogens (primary N) is 1. The summed E-state index contributed by atoms with van der Waals surface area (Å²) in [6, 6.07) is 5.70. The molecule has 6 N–H and O–H groups in total.